The molecule has 0 radical (unpaired) electrons. The van der Waals surface area contributed by atoms with Gasteiger partial charge in [-0.15, -0.1) is 0 Å². The third-order valence-electron chi connectivity index (χ3n) is 5.37. The van der Waals surface area contributed by atoms with Gasteiger partial charge in [0, 0.05) is 5.57 Å². The summed E-state index contributed by atoms with van der Waals surface area (Å²) in [5.41, 5.74) is 0.218. The van der Waals surface area contributed by atoms with Gasteiger partial charge in [0.25, 0.3) is 0 Å². The molecule has 0 heterocycles. The molecule has 0 aromatic rings. The van der Waals surface area contributed by atoms with E-state index in [0.717, 1.165) is 30.6 Å². The molecule has 3 heteroatoms. The van der Waals surface area contributed by atoms with Crippen LogP contribution in [0.5, 0.6) is 0 Å². The van der Waals surface area contributed by atoms with Crippen LogP contribution in [0.15, 0.2) is 12.2 Å². The molecule has 0 spiro atoms. The number of aliphatic hydroxyl groups is 2. The molecule has 3 nitrogen and oxygen atoms in total. The smallest absolute Gasteiger partial charge is 0.147 e. The fraction of sp³-hybridized carbons (Fsp3) is 0.842. The van der Waals surface area contributed by atoms with Crippen LogP contribution < -0.4 is 0 Å². The summed E-state index contributed by atoms with van der Waals surface area (Å²) in [6.07, 6.45) is 14.0. The summed E-state index contributed by atoms with van der Waals surface area (Å²) in [6.45, 7) is 5.26. The summed E-state index contributed by atoms with van der Waals surface area (Å²) in [5.74, 6) is 2.99. The van der Waals surface area contributed by atoms with Crippen LogP contribution in [0.3, 0.4) is 0 Å². The Labute approximate surface area is 135 Å². The van der Waals surface area contributed by atoms with Crippen LogP contribution in [0, 0.1) is 17.8 Å². The molecule has 0 amide bonds. The highest BCUT2D eigenvalue weighted by Crippen LogP contribution is 2.40. The van der Waals surface area contributed by atoms with Gasteiger partial charge in [-0.25, -0.2) is 0 Å². The van der Waals surface area contributed by atoms with E-state index in [1.54, 1.807) is 0 Å². The van der Waals surface area contributed by atoms with Crippen molar-refractivity contribution in [1.29, 1.82) is 0 Å². The predicted molar refractivity (Wildman–Crippen MR) is 90.6 cm³/mol. The molecular formula is C19H34O3. The monoisotopic (exact) mass is 310 g/mol. The average Bonchev–Trinajstić information content (AvgIpc) is 2.56. The summed E-state index contributed by atoms with van der Waals surface area (Å²) in [5, 5.41) is 17.5. The second kappa shape index (κ2) is 11.0. The Morgan fingerprint density at radius 1 is 1.05 bits per heavy atom. The van der Waals surface area contributed by atoms with Crippen molar-refractivity contribution >= 4 is 6.29 Å². The fourth-order valence-corrected chi connectivity index (χ4v) is 3.97. The Bertz CT molecular complexity index is 311. The fourth-order valence-electron chi connectivity index (χ4n) is 3.97. The molecule has 2 aliphatic carbocycles. The van der Waals surface area contributed by atoms with E-state index in [4.69, 9.17) is 5.11 Å². The number of carbonyl (C=O) groups excluding carboxylic acids is 1. The third kappa shape index (κ3) is 7.06. The number of aliphatic hydroxyl groups excluding tert-OH is 2. The number of rotatable bonds is 5. The van der Waals surface area contributed by atoms with Crippen LogP contribution in [0.25, 0.3) is 0 Å². The first-order valence-corrected chi connectivity index (χ1v) is 9.02. The maximum atomic E-state index is 9.54. The van der Waals surface area contributed by atoms with Crippen molar-refractivity contribution in [3.05, 3.63) is 12.2 Å². The minimum atomic E-state index is -0.233. The van der Waals surface area contributed by atoms with Gasteiger partial charge in [0.15, 0.2) is 0 Å². The van der Waals surface area contributed by atoms with Crippen LogP contribution in [0.1, 0.15) is 71.1 Å². The topological polar surface area (TPSA) is 57.5 Å². The molecule has 0 unspecified atom stereocenters. The summed E-state index contributed by atoms with van der Waals surface area (Å²) in [6, 6.07) is 0. The minimum absolute atomic E-state index is 0.0210. The Hall–Kier alpha value is -0.670. The van der Waals surface area contributed by atoms with E-state index >= 15 is 0 Å². The lowest BCUT2D eigenvalue weighted by molar-refractivity contribution is -0.105. The van der Waals surface area contributed by atoms with Gasteiger partial charge in [-0.2, -0.15) is 0 Å². The first-order chi connectivity index (χ1) is 10.6. The van der Waals surface area contributed by atoms with Gasteiger partial charge < -0.3 is 10.2 Å². The number of carbonyl (C=O) groups is 1. The highest BCUT2D eigenvalue weighted by Gasteiger charge is 2.29. The van der Waals surface area contributed by atoms with Crippen molar-refractivity contribution in [1.82, 2.24) is 0 Å². The van der Waals surface area contributed by atoms with Gasteiger partial charge in [-0.05, 0) is 56.3 Å². The Balaban J connectivity index is 0.000000346. The first-order valence-electron chi connectivity index (χ1n) is 9.02. The maximum Gasteiger partial charge on any atom is 0.147 e. The van der Waals surface area contributed by atoms with Gasteiger partial charge in [-0.1, -0.05) is 39.2 Å². The molecule has 128 valence electrons. The number of hydrogen-bond acceptors (Lipinski definition) is 3. The van der Waals surface area contributed by atoms with Crippen LogP contribution in [0.2, 0.25) is 0 Å². The molecule has 0 aromatic heterocycles. The molecule has 0 aromatic carbocycles. The molecule has 0 aliphatic heterocycles. The average molecular weight is 310 g/mol. The van der Waals surface area contributed by atoms with Crippen LogP contribution in [0.4, 0.5) is 0 Å². The lowest BCUT2D eigenvalue weighted by atomic mass is 9.70. The molecule has 2 rings (SSSR count). The van der Waals surface area contributed by atoms with E-state index in [9.17, 15) is 9.90 Å². The maximum absolute atomic E-state index is 9.54. The van der Waals surface area contributed by atoms with Crippen molar-refractivity contribution in [3.8, 4) is 0 Å². The molecule has 2 saturated carbocycles. The highest BCUT2D eigenvalue weighted by molar-refractivity contribution is 5.72. The van der Waals surface area contributed by atoms with Gasteiger partial charge in [0.2, 0.25) is 0 Å². The van der Waals surface area contributed by atoms with Crippen molar-refractivity contribution < 1.29 is 15.0 Å². The number of aldehydes is 1. The van der Waals surface area contributed by atoms with Gasteiger partial charge in [-0.3, -0.25) is 4.79 Å². The second-order valence-electron chi connectivity index (χ2n) is 7.07. The largest absolute Gasteiger partial charge is 0.393 e. The zero-order valence-corrected chi connectivity index (χ0v) is 14.2. The molecule has 22 heavy (non-hydrogen) atoms. The van der Waals surface area contributed by atoms with E-state index < -0.39 is 0 Å². The highest BCUT2D eigenvalue weighted by atomic mass is 16.3. The summed E-state index contributed by atoms with van der Waals surface area (Å²) in [7, 11) is 0. The van der Waals surface area contributed by atoms with Gasteiger partial charge in [0.1, 0.15) is 6.29 Å². The minimum Gasteiger partial charge on any atom is -0.393 e. The molecule has 2 fully saturated rings. The summed E-state index contributed by atoms with van der Waals surface area (Å²) < 4.78 is 0. The second-order valence-corrected chi connectivity index (χ2v) is 7.07. The van der Waals surface area contributed by atoms with E-state index in [1.165, 1.54) is 51.4 Å². The van der Waals surface area contributed by atoms with Crippen molar-refractivity contribution in [2.24, 2.45) is 17.8 Å². The van der Waals surface area contributed by atoms with Gasteiger partial charge >= 0.3 is 0 Å². The van der Waals surface area contributed by atoms with Crippen LogP contribution >= 0.6 is 0 Å². The Morgan fingerprint density at radius 2 is 1.55 bits per heavy atom. The quantitative estimate of drug-likeness (QED) is 0.598. The van der Waals surface area contributed by atoms with Crippen molar-refractivity contribution in [3.63, 3.8) is 0 Å². The Morgan fingerprint density at radius 3 is 1.91 bits per heavy atom. The van der Waals surface area contributed by atoms with Crippen LogP contribution in [-0.2, 0) is 4.79 Å². The SMILES string of the molecule is C=C(C=O)CO.CCCC1CCC(C2CCC(O)CC2)CC1. The third-order valence-corrected chi connectivity index (χ3v) is 5.37. The lowest BCUT2D eigenvalue weighted by Gasteiger charge is -2.36. The van der Waals surface area contributed by atoms with Crippen molar-refractivity contribution in [2.75, 3.05) is 6.61 Å². The normalized spacial score (nSPS) is 31.8. The zero-order chi connectivity index (χ0) is 16.4. The molecule has 0 atom stereocenters. The molecule has 2 N–H and O–H groups in total. The van der Waals surface area contributed by atoms with Gasteiger partial charge in [0.05, 0.1) is 12.7 Å². The molecule has 0 bridgehead atoms. The van der Waals surface area contributed by atoms with Crippen LogP contribution in [-0.4, -0.2) is 29.2 Å². The van der Waals surface area contributed by atoms with E-state index in [1.807, 2.05) is 0 Å². The molecular weight excluding hydrogens is 276 g/mol. The standard InChI is InChI=1S/C15H28O.C4H6O2/c1-2-3-12-4-6-13(7-5-12)14-8-10-15(16)11-9-14;1-4(2-5)3-6/h12-16H,2-11H2,1H3;2,6H,1,3H2. The molecule has 0 saturated heterocycles. The zero-order valence-electron chi connectivity index (χ0n) is 14.2. The van der Waals surface area contributed by atoms with Crippen molar-refractivity contribution in [2.45, 2.75) is 77.2 Å². The summed E-state index contributed by atoms with van der Waals surface area (Å²) in [4.78, 5) is 9.48. The lowest BCUT2D eigenvalue weighted by Crippen LogP contribution is -2.27. The predicted octanol–water partition coefficient (Wildman–Crippen LogP) is 3.88. The number of hydrogen-bond donors (Lipinski definition) is 2. The van der Waals surface area contributed by atoms with E-state index in [2.05, 4.69) is 13.5 Å². The summed E-state index contributed by atoms with van der Waals surface area (Å²) >= 11 is 0. The van der Waals surface area contributed by atoms with E-state index in [-0.39, 0.29) is 18.3 Å². The first kappa shape index (κ1) is 19.4. The Kier molecular flexibility index (Phi) is 9.65. The van der Waals surface area contributed by atoms with E-state index in [0.29, 0.717) is 6.29 Å². The molecule has 2 aliphatic rings.